The summed E-state index contributed by atoms with van der Waals surface area (Å²) in [6, 6.07) is 4.06. The predicted octanol–water partition coefficient (Wildman–Crippen LogP) is 3.12. The Kier molecular flexibility index (Phi) is 4.36. The first-order valence-corrected chi connectivity index (χ1v) is 4.84. The lowest BCUT2D eigenvalue weighted by molar-refractivity contribution is -0.176. The molecule has 0 heterocycles. The molecule has 1 aromatic rings. The molecule has 0 bridgehead atoms. The molecule has 0 saturated heterocycles. The predicted molar refractivity (Wildman–Crippen MR) is 54.1 cm³/mol. The molecule has 1 rings (SSSR count). The fourth-order valence-electron chi connectivity index (χ4n) is 1.13. The van der Waals surface area contributed by atoms with Gasteiger partial charge in [0.25, 0.3) is 0 Å². The maximum atomic E-state index is 11.8. The first-order chi connectivity index (χ1) is 7.81. The highest BCUT2D eigenvalue weighted by Gasteiger charge is 2.27. The smallest absolute Gasteiger partial charge is 0.411 e. The maximum absolute atomic E-state index is 11.8. The number of aromatic carboxylic acids is 1. The van der Waals surface area contributed by atoms with Crippen LogP contribution < -0.4 is 0 Å². The van der Waals surface area contributed by atoms with Crippen molar-refractivity contribution in [1.29, 1.82) is 0 Å². The number of halogens is 4. The van der Waals surface area contributed by atoms with E-state index in [-0.39, 0.29) is 22.8 Å². The number of rotatable bonds is 4. The Bertz CT molecular complexity index is 418. The molecule has 0 amide bonds. The first-order valence-electron chi connectivity index (χ1n) is 4.46. The van der Waals surface area contributed by atoms with E-state index in [2.05, 4.69) is 4.74 Å². The second-order valence-electron chi connectivity index (χ2n) is 3.19. The van der Waals surface area contributed by atoms with E-state index in [1.807, 2.05) is 0 Å². The molecule has 1 aromatic carbocycles. The van der Waals surface area contributed by atoms with Gasteiger partial charge in [-0.2, -0.15) is 13.2 Å². The zero-order chi connectivity index (χ0) is 13.1. The van der Waals surface area contributed by atoms with Crippen LogP contribution in [0.2, 0.25) is 5.02 Å². The topological polar surface area (TPSA) is 46.5 Å². The highest BCUT2D eigenvalue weighted by atomic mass is 35.5. The molecular formula is C10H8ClF3O3. The summed E-state index contributed by atoms with van der Waals surface area (Å²) < 4.78 is 39.8. The molecule has 0 spiro atoms. The standard InChI is InChI=1S/C10H8ClF3O3/c11-8-6(4-17-5-10(12,13)14)2-1-3-7(8)9(15)16/h1-3H,4-5H2,(H,15,16). The van der Waals surface area contributed by atoms with Gasteiger partial charge in [0.2, 0.25) is 0 Å². The SMILES string of the molecule is O=C(O)c1cccc(COCC(F)(F)F)c1Cl. The summed E-state index contributed by atoms with van der Waals surface area (Å²) in [7, 11) is 0. The molecule has 94 valence electrons. The van der Waals surface area contributed by atoms with Crippen LogP contribution in [0, 0.1) is 0 Å². The summed E-state index contributed by atoms with van der Waals surface area (Å²) in [6.45, 7) is -1.79. The minimum Gasteiger partial charge on any atom is -0.478 e. The number of carboxylic acid groups (broad SMARTS) is 1. The lowest BCUT2D eigenvalue weighted by Gasteiger charge is -2.09. The molecule has 3 nitrogen and oxygen atoms in total. The fraction of sp³-hybridized carbons (Fsp3) is 0.300. The van der Waals surface area contributed by atoms with Crippen molar-refractivity contribution in [2.75, 3.05) is 6.61 Å². The van der Waals surface area contributed by atoms with Crippen molar-refractivity contribution in [2.45, 2.75) is 12.8 Å². The van der Waals surface area contributed by atoms with Gasteiger partial charge in [-0.05, 0) is 11.6 Å². The van der Waals surface area contributed by atoms with Gasteiger partial charge in [0, 0.05) is 0 Å². The normalized spacial score (nSPS) is 11.5. The summed E-state index contributed by atoms with van der Waals surface area (Å²) in [5.74, 6) is -1.24. The van der Waals surface area contributed by atoms with Gasteiger partial charge in [-0.15, -0.1) is 0 Å². The van der Waals surface area contributed by atoms with Crippen LogP contribution in [0.1, 0.15) is 15.9 Å². The van der Waals surface area contributed by atoms with Crippen LogP contribution >= 0.6 is 11.6 Å². The largest absolute Gasteiger partial charge is 0.478 e. The van der Waals surface area contributed by atoms with Gasteiger partial charge >= 0.3 is 12.1 Å². The van der Waals surface area contributed by atoms with Crippen LogP contribution in [-0.4, -0.2) is 23.9 Å². The van der Waals surface area contributed by atoms with E-state index >= 15 is 0 Å². The molecule has 0 aliphatic rings. The number of alkyl halides is 3. The fourth-order valence-corrected chi connectivity index (χ4v) is 1.39. The van der Waals surface area contributed by atoms with Crippen molar-refractivity contribution in [3.05, 3.63) is 34.3 Å². The van der Waals surface area contributed by atoms with Gasteiger partial charge in [0.1, 0.15) is 6.61 Å². The van der Waals surface area contributed by atoms with Gasteiger partial charge in [-0.25, -0.2) is 4.79 Å². The second-order valence-corrected chi connectivity index (χ2v) is 3.57. The molecule has 0 radical (unpaired) electrons. The minimum absolute atomic E-state index is 0.109. The highest BCUT2D eigenvalue weighted by Crippen LogP contribution is 2.23. The van der Waals surface area contributed by atoms with E-state index in [9.17, 15) is 18.0 Å². The zero-order valence-corrected chi connectivity index (χ0v) is 9.18. The third kappa shape index (κ3) is 4.24. The Morgan fingerprint density at radius 3 is 2.59 bits per heavy atom. The molecule has 1 N–H and O–H groups in total. The van der Waals surface area contributed by atoms with Crippen LogP contribution in [0.5, 0.6) is 0 Å². The van der Waals surface area contributed by atoms with E-state index in [1.54, 1.807) is 0 Å². The number of hydrogen-bond donors (Lipinski definition) is 1. The number of carbonyl (C=O) groups is 1. The van der Waals surface area contributed by atoms with Gasteiger partial charge < -0.3 is 9.84 Å². The Labute approximate surface area is 99.8 Å². The van der Waals surface area contributed by atoms with Gasteiger partial charge in [-0.1, -0.05) is 23.7 Å². The van der Waals surface area contributed by atoms with Gasteiger partial charge in [-0.3, -0.25) is 0 Å². The van der Waals surface area contributed by atoms with Crippen LogP contribution in [0.25, 0.3) is 0 Å². The monoisotopic (exact) mass is 268 g/mol. The molecule has 0 atom stereocenters. The summed E-state index contributed by atoms with van der Waals surface area (Å²) in [5.41, 5.74) is 0.0376. The summed E-state index contributed by atoms with van der Waals surface area (Å²) in [4.78, 5) is 10.7. The lowest BCUT2D eigenvalue weighted by atomic mass is 10.1. The molecule has 17 heavy (non-hydrogen) atoms. The average molecular weight is 269 g/mol. The summed E-state index contributed by atoms with van der Waals surface area (Å²) in [6.07, 6.45) is -4.42. The Balaban J connectivity index is 2.72. The van der Waals surface area contributed by atoms with Gasteiger partial charge in [0.05, 0.1) is 17.2 Å². The zero-order valence-electron chi connectivity index (χ0n) is 8.42. The second kappa shape index (κ2) is 5.37. The third-order valence-electron chi connectivity index (χ3n) is 1.83. The number of carboxylic acids is 1. The van der Waals surface area contributed by atoms with E-state index in [0.29, 0.717) is 0 Å². The maximum Gasteiger partial charge on any atom is 0.411 e. The minimum atomic E-state index is -4.42. The Morgan fingerprint density at radius 1 is 1.41 bits per heavy atom. The van der Waals surface area contributed by atoms with Crippen molar-refractivity contribution >= 4 is 17.6 Å². The van der Waals surface area contributed by atoms with Crippen molar-refractivity contribution in [1.82, 2.24) is 0 Å². The number of ether oxygens (including phenoxy) is 1. The Hall–Kier alpha value is -1.27. The molecule has 0 aliphatic carbocycles. The van der Waals surface area contributed by atoms with Crippen LogP contribution in [0.3, 0.4) is 0 Å². The number of hydrogen-bond acceptors (Lipinski definition) is 2. The van der Waals surface area contributed by atoms with E-state index in [1.165, 1.54) is 18.2 Å². The van der Waals surface area contributed by atoms with Crippen molar-refractivity contribution in [3.8, 4) is 0 Å². The molecule has 0 fully saturated rings. The first kappa shape index (κ1) is 13.8. The van der Waals surface area contributed by atoms with Crippen LogP contribution in [-0.2, 0) is 11.3 Å². The molecular weight excluding hydrogens is 261 g/mol. The highest BCUT2D eigenvalue weighted by molar-refractivity contribution is 6.34. The average Bonchev–Trinajstić information content (AvgIpc) is 2.18. The summed E-state index contributed by atoms with van der Waals surface area (Å²) in [5, 5.41) is 8.63. The third-order valence-corrected chi connectivity index (χ3v) is 2.28. The van der Waals surface area contributed by atoms with E-state index in [4.69, 9.17) is 16.7 Å². The van der Waals surface area contributed by atoms with Crippen LogP contribution in [0.4, 0.5) is 13.2 Å². The number of benzene rings is 1. The van der Waals surface area contributed by atoms with Crippen molar-refractivity contribution in [3.63, 3.8) is 0 Å². The van der Waals surface area contributed by atoms with Gasteiger partial charge in [0.15, 0.2) is 0 Å². The van der Waals surface area contributed by atoms with E-state index in [0.717, 1.165) is 0 Å². The molecule has 0 unspecified atom stereocenters. The molecule has 0 aromatic heterocycles. The molecule has 7 heteroatoms. The molecule has 0 aliphatic heterocycles. The van der Waals surface area contributed by atoms with Crippen LogP contribution in [0.15, 0.2) is 18.2 Å². The molecule has 0 saturated carbocycles. The van der Waals surface area contributed by atoms with E-state index < -0.39 is 18.8 Å². The lowest BCUT2D eigenvalue weighted by Crippen LogP contribution is -2.16. The Morgan fingerprint density at radius 2 is 2.06 bits per heavy atom. The summed E-state index contributed by atoms with van der Waals surface area (Å²) >= 11 is 5.71. The van der Waals surface area contributed by atoms with Crippen molar-refractivity contribution in [2.24, 2.45) is 0 Å². The quantitative estimate of drug-likeness (QED) is 0.913. The van der Waals surface area contributed by atoms with Crippen molar-refractivity contribution < 1.29 is 27.8 Å².